The fraction of sp³-hybridized carbons (Fsp3) is 0.467. The van der Waals surface area contributed by atoms with Gasteiger partial charge in [0.15, 0.2) is 5.78 Å². The molecule has 2 N–H and O–H groups in total. The molecule has 0 unspecified atom stereocenters. The van der Waals surface area contributed by atoms with Crippen molar-refractivity contribution in [1.29, 1.82) is 0 Å². The van der Waals surface area contributed by atoms with Gasteiger partial charge in [-0.05, 0) is 25.5 Å². The molecule has 0 bridgehead atoms. The summed E-state index contributed by atoms with van der Waals surface area (Å²) in [7, 11) is 0. The average molecular weight is 329 g/mol. The molecule has 7 heteroatoms. The van der Waals surface area contributed by atoms with Crippen LogP contribution in [0.3, 0.4) is 0 Å². The lowest BCUT2D eigenvalue weighted by Crippen LogP contribution is -2.52. The van der Waals surface area contributed by atoms with E-state index >= 15 is 0 Å². The summed E-state index contributed by atoms with van der Waals surface area (Å²) >= 11 is 0. The lowest BCUT2D eigenvalue weighted by Gasteiger charge is -2.31. The quantitative estimate of drug-likeness (QED) is 0.809. The molecule has 0 aromatic heterocycles. The van der Waals surface area contributed by atoms with E-state index in [9.17, 15) is 9.59 Å². The van der Waals surface area contributed by atoms with Crippen LogP contribution >= 0.6 is 12.4 Å². The smallest absolute Gasteiger partial charge is 0.407 e. The highest BCUT2D eigenvalue weighted by atomic mass is 35.5. The highest BCUT2D eigenvalue weighted by Gasteiger charge is 2.22. The number of ether oxygens (including phenoxy) is 1. The van der Waals surface area contributed by atoms with E-state index in [1.54, 1.807) is 18.2 Å². The van der Waals surface area contributed by atoms with Crippen molar-refractivity contribution in [2.24, 2.45) is 0 Å². The Balaban J connectivity index is 0.00000242. The van der Waals surface area contributed by atoms with Gasteiger partial charge in [-0.1, -0.05) is 12.1 Å². The maximum absolute atomic E-state index is 11.3. The summed E-state index contributed by atoms with van der Waals surface area (Å²) in [5.41, 5.74) is 0.625. The number of carboxylic acid groups (broad SMARTS) is 1. The number of rotatable bonds is 5. The molecule has 1 aliphatic heterocycles. The van der Waals surface area contributed by atoms with E-state index < -0.39 is 6.09 Å². The average Bonchev–Trinajstić information content (AvgIpc) is 2.48. The SMILES string of the molecule is CC(=O)c1cccc(OCC[C@@H]2CN(C(=O)O)CCN2)c1.Cl. The first-order valence-electron chi connectivity index (χ1n) is 7.01. The van der Waals surface area contributed by atoms with Crippen LogP contribution in [0.2, 0.25) is 0 Å². The van der Waals surface area contributed by atoms with E-state index in [0.29, 0.717) is 44.0 Å². The van der Waals surface area contributed by atoms with Gasteiger partial charge in [-0.25, -0.2) is 4.79 Å². The molecule has 0 spiro atoms. The van der Waals surface area contributed by atoms with Gasteiger partial charge < -0.3 is 20.1 Å². The largest absolute Gasteiger partial charge is 0.494 e. The normalized spacial score (nSPS) is 17.5. The second kappa shape index (κ2) is 8.60. The minimum atomic E-state index is -0.878. The van der Waals surface area contributed by atoms with E-state index in [1.165, 1.54) is 11.8 Å². The number of hydrogen-bond donors (Lipinski definition) is 2. The Morgan fingerprint density at radius 2 is 2.23 bits per heavy atom. The zero-order valence-corrected chi connectivity index (χ0v) is 13.3. The van der Waals surface area contributed by atoms with Gasteiger partial charge in [-0.2, -0.15) is 0 Å². The van der Waals surface area contributed by atoms with Crippen molar-refractivity contribution in [2.45, 2.75) is 19.4 Å². The van der Waals surface area contributed by atoms with Crippen molar-refractivity contribution in [2.75, 3.05) is 26.2 Å². The Morgan fingerprint density at radius 3 is 2.91 bits per heavy atom. The van der Waals surface area contributed by atoms with Crippen LogP contribution in [-0.2, 0) is 0 Å². The first kappa shape index (κ1) is 18.3. The first-order chi connectivity index (χ1) is 10.1. The minimum absolute atomic E-state index is 0. The molecule has 0 saturated carbocycles. The van der Waals surface area contributed by atoms with Crippen molar-refractivity contribution in [3.63, 3.8) is 0 Å². The third-order valence-corrected chi connectivity index (χ3v) is 3.50. The Hall–Kier alpha value is -1.79. The topological polar surface area (TPSA) is 78.9 Å². The Labute approximate surface area is 135 Å². The molecule has 1 amide bonds. The predicted octanol–water partition coefficient (Wildman–Crippen LogP) is 2.03. The van der Waals surface area contributed by atoms with Crippen molar-refractivity contribution in [3.8, 4) is 5.75 Å². The number of hydrogen-bond acceptors (Lipinski definition) is 4. The van der Waals surface area contributed by atoms with E-state index in [0.717, 1.165) is 0 Å². The van der Waals surface area contributed by atoms with E-state index in [4.69, 9.17) is 9.84 Å². The first-order valence-corrected chi connectivity index (χ1v) is 7.01. The molecule has 1 heterocycles. The molecule has 1 aliphatic rings. The Kier molecular flexibility index (Phi) is 7.14. The number of piperazine rings is 1. The lowest BCUT2D eigenvalue weighted by molar-refractivity contribution is 0.101. The Bertz CT molecular complexity index is 524. The Morgan fingerprint density at radius 1 is 1.45 bits per heavy atom. The molecule has 1 aromatic carbocycles. The zero-order chi connectivity index (χ0) is 15.2. The van der Waals surface area contributed by atoms with Gasteiger partial charge in [-0.15, -0.1) is 12.4 Å². The van der Waals surface area contributed by atoms with Gasteiger partial charge in [0, 0.05) is 31.2 Å². The number of halogens is 1. The van der Waals surface area contributed by atoms with Crippen LogP contribution in [0.5, 0.6) is 5.75 Å². The van der Waals surface area contributed by atoms with Crippen LogP contribution in [0, 0.1) is 0 Å². The van der Waals surface area contributed by atoms with Gasteiger partial charge >= 0.3 is 6.09 Å². The van der Waals surface area contributed by atoms with Crippen LogP contribution in [0.25, 0.3) is 0 Å². The number of nitrogens with zero attached hydrogens (tertiary/aromatic N) is 1. The lowest BCUT2D eigenvalue weighted by atomic mass is 10.1. The summed E-state index contributed by atoms with van der Waals surface area (Å²) in [5, 5.41) is 12.3. The zero-order valence-electron chi connectivity index (χ0n) is 12.4. The molecule has 0 radical (unpaired) electrons. The molecule has 0 aliphatic carbocycles. The van der Waals surface area contributed by atoms with Crippen LogP contribution in [0.4, 0.5) is 4.79 Å². The fourth-order valence-electron chi connectivity index (χ4n) is 2.32. The molecule has 1 fully saturated rings. The number of ketones is 1. The van der Waals surface area contributed by atoms with Crippen LogP contribution < -0.4 is 10.1 Å². The number of amides is 1. The monoisotopic (exact) mass is 328 g/mol. The molecule has 6 nitrogen and oxygen atoms in total. The van der Waals surface area contributed by atoms with Crippen LogP contribution in [-0.4, -0.2) is 54.2 Å². The third kappa shape index (κ3) is 5.20. The summed E-state index contributed by atoms with van der Waals surface area (Å²) in [6.45, 7) is 3.66. The van der Waals surface area contributed by atoms with Gasteiger partial charge in [0.2, 0.25) is 0 Å². The number of Topliss-reactive ketones (excluding diaryl/α,β-unsaturated/α-hetero) is 1. The molecule has 2 rings (SSSR count). The summed E-state index contributed by atoms with van der Waals surface area (Å²) in [4.78, 5) is 23.6. The fourth-order valence-corrected chi connectivity index (χ4v) is 2.32. The number of nitrogens with one attached hydrogen (secondary N) is 1. The minimum Gasteiger partial charge on any atom is -0.494 e. The standard InChI is InChI=1S/C15H20N2O4.ClH/c1-11(18)12-3-2-4-14(9-12)21-8-5-13-10-17(15(19)20)7-6-16-13;/h2-4,9,13,16H,5-8,10H2,1H3,(H,19,20);1H/t13-;/m1./s1. The molecule has 1 saturated heterocycles. The number of benzene rings is 1. The maximum atomic E-state index is 11.3. The molecule has 1 atom stereocenters. The molecule has 1 aromatic rings. The second-order valence-electron chi connectivity index (χ2n) is 5.10. The second-order valence-corrected chi connectivity index (χ2v) is 5.10. The summed E-state index contributed by atoms with van der Waals surface area (Å²) in [5.74, 6) is 0.667. The molecular formula is C15H21ClN2O4. The predicted molar refractivity (Wildman–Crippen MR) is 85.2 cm³/mol. The van der Waals surface area contributed by atoms with Crippen LogP contribution in [0.15, 0.2) is 24.3 Å². The molecule has 122 valence electrons. The summed E-state index contributed by atoms with van der Waals surface area (Å²) < 4.78 is 5.64. The summed E-state index contributed by atoms with van der Waals surface area (Å²) in [6, 6.07) is 7.18. The van der Waals surface area contributed by atoms with Crippen molar-refractivity contribution in [1.82, 2.24) is 10.2 Å². The maximum Gasteiger partial charge on any atom is 0.407 e. The highest BCUT2D eigenvalue weighted by Crippen LogP contribution is 2.14. The van der Waals surface area contributed by atoms with E-state index in [2.05, 4.69) is 5.32 Å². The van der Waals surface area contributed by atoms with Crippen molar-refractivity contribution < 1.29 is 19.4 Å². The number of carbonyl (C=O) groups is 2. The third-order valence-electron chi connectivity index (χ3n) is 3.50. The van der Waals surface area contributed by atoms with E-state index in [-0.39, 0.29) is 24.2 Å². The van der Waals surface area contributed by atoms with Gasteiger partial charge in [0.1, 0.15) is 5.75 Å². The van der Waals surface area contributed by atoms with Crippen molar-refractivity contribution in [3.05, 3.63) is 29.8 Å². The van der Waals surface area contributed by atoms with Crippen molar-refractivity contribution >= 4 is 24.3 Å². The molecule has 22 heavy (non-hydrogen) atoms. The number of carbonyl (C=O) groups excluding carboxylic acids is 1. The van der Waals surface area contributed by atoms with Gasteiger partial charge in [0.05, 0.1) is 6.61 Å². The van der Waals surface area contributed by atoms with Crippen LogP contribution in [0.1, 0.15) is 23.7 Å². The highest BCUT2D eigenvalue weighted by molar-refractivity contribution is 5.94. The summed E-state index contributed by atoms with van der Waals surface area (Å²) in [6.07, 6.45) is -0.162. The van der Waals surface area contributed by atoms with E-state index in [1.807, 2.05) is 6.07 Å². The van der Waals surface area contributed by atoms with Gasteiger partial charge in [0.25, 0.3) is 0 Å². The van der Waals surface area contributed by atoms with Gasteiger partial charge in [-0.3, -0.25) is 4.79 Å². The molecular weight excluding hydrogens is 308 g/mol.